The zero-order valence-electron chi connectivity index (χ0n) is 11.4. The normalized spacial score (nSPS) is 28.7. The molecule has 2 nitrogen and oxygen atoms in total. The molecule has 2 N–H and O–H groups in total. The first-order chi connectivity index (χ1) is 8.78. The average Bonchev–Trinajstić information content (AvgIpc) is 2.63. The summed E-state index contributed by atoms with van der Waals surface area (Å²) in [6.07, 6.45) is 7.20. The Morgan fingerprint density at radius 3 is 2.67 bits per heavy atom. The first-order valence-electron chi connectivity index (χ1n) is 7.22. The van der Waals surface area contributed by atoms with Crippen LogP contribution in [-0.2, 0) is 0 Å². The molecule has 1 aromatic rings. The number of rotatable bonds is 4. The minimum Gasteiger partial charge on any atom is -0.394 e. The third-order valence-electron chi connectivity index (χ3n) is 4.36. The molecule has 1 aromatic carbocycles. The third kappa shape index (κ3) is 3.26. The minimum absolute atomic E-state index is 0.106. The molecule has 2 unspecified atom stereocenters. The van der Waals surface area contributed by atoms with Crippen LogP contribution in [0, 0.1) is 5.92 Å². The highest BCUT2D eigenvalue weighted by Crippen LogP contribution is 2.34. The number of hydrogen-bond donors (Lipinski definition) is 2. The van der Waals surface area contributed by atoms with Gasteiger partial charge < -0.3 is 10.4 Å². The second-order valence-electron chi connectivity index (χ2n) is 5.63. The lowest BCUT2D eigenvalue weighted by Crippen LogP contribution is -2.41. The Bertz CT molecular complexity index is 351. The predicted octanol–water partition coefficient (Wildman–Crippen LogP) is 3.82. The molecule has 2 atom stereocenters. The lowest BCUT2D eigenvalue weighted by molar-refractivity contribution is 0.194. The molecule has 2 heteroatoms. The van der Waals surface area contributed by atoms with Crippen LogP contribution in [0.15, 0.2) is 30.3 Å². The topological polar surface area (TPSA) is 32.3 Å². The first kappa shape index (κ1) is 13.4. The Balaban J connectivity index is 2.06. The summed E-state index contributed by atoms with van der Waals surface area (Å²) in [5.41, 5.74) is 1.02. The van der Waals surface area contributed by atoms with E-state index in [1.165, 1.54) is 25.7 Å². The van der Waals surface area contributed by atoms with E-state index in [1.54, 1.807) is 0 Å². The van der Waals surface area contributed by atoms with Crippen molar-refractivity contribution in [2.75, 3.05) is 11.9 Å². The van der Waals surface area contributed by atoms with Crippen molar-refractivity contribution in [3.63, 3.8) is 0 Å². The largest absolute Gasteiger partial charge is 0.394 e. The fraction of sp³-hybridized carbons (Fsp3) is 0.625. The van der Waals surface area contributed by atoms with Gasteiger partial charge in [0.05, 0.1) is 12.1 Å². The zero-order chi connectivity index (χ0) is 12.8. The third-order valence-corrected chi connectivity index (χ3v) is 4.36. The van der Waals surface area contributed by atoms with E-state index in [2.05, 4.69) is 24.4 Å². The SMILES string of the molecule is CCC1CCCC(CO)(Nc2ccccc2)CC1. The van der Waals surface area contributed by atoms with Gasteiger partial charge in [-0.1, -0.05) is 44.4 Å². The van der Waals surface area contributed by atoms with Gasteiger partial charge in [-0.2, -0.15) is 0 Å². The van der Waals surface area contributed by atoms with Gasteiger partial charge in [0.2, 0.25) is 0 Å². The van der Waals surface area contributed by atoms with Crippen molar-refractivity contribution in [2.45, 2.75) is 51.0 Å². The van der Waals surface area contributed by atoms with Crippen molar-refractivity contribution in [1.82, 2.24) is 0 Å². The summed E-state index contributed by atoms with van der Waals surface area (Å²) >= 11 is 0. The van der Waals surface area contributed by atoms with E-state index in [4.69, 9.17) is 0 Å². The Labute approximate surface area is 110 Å². The lowest BCUT2D eigenvalue weighted by Gasteiger charge is -2.33. The number of anilines is 1. The van der Waals surface area contributed by atoms with Gasteiger partial charge in [-0.3, -0.25) is 0 Å². The van der Waals surface area contributed by atoms with Crippen molar-refractivity contribution in [2.24, 2.45) is 5.92 Å². The minimum atomic E-state index is -0.106. The molecule has 100 valence electrons. The van der Waals surface area contributed by atoms with Crippen LogP contribution in [0.3, 0.4) is 0 Å². The molecule has 0 heterocycles. The fourth-order valence-corrected chi connectivity index (χ4v) is 3.04. The molecule has 0 bridgehead atoms. The van der Waals surface area contributed by atoms with Crippen LogP contribution in [0.1, 0.15) is 45.4 Å². The highest BCUT2D eigenvalue weighted by Gasteiger charge is 2.32. The molecule has 2 rings (SSSR count). The summed E-state index contributed by atoms with van der Waals surface area (Å²) in [7, 11) is 0. The van der Waals surface area contributed by atoms with Gasteiger partial charge in [0, 0.05) is 5.69 Å². The maximum absolute atomic E-state index is 9.82. The van der Waals surface area contributed by atoms with E-state index < -0.39 is 0 Å². The maximum atomic E-state index is 9.82. The maximum Gasteiger partial charge on any atom is 0.0661 e. The summed E-state index contributed by atoms with van der Waals surface area (Å²) in [5, 5.41) is 13.4. The molecule has 18 heavy (non-hydrogen) atoms. The summed E-state index contributed by atoms with van der Waals surface area (Å²) in [5.74, 6) is 0.844. The smallest absolute Gasteiger partial charge is 0.0661 e. The van der Waals surface area contributed by atoms with Crippen LogP contribution in [0.25, 0.3) is 0 Å². The monoisotopic (exact) mass is 247 g/mol. The fourth-order valence-electron chi connectivity index (χ4n) is 3.04. The van der Waals surface area contributed by atoms with E-state index in [9.17, 15) is 5.11 Å². The zero-order valence-corrected chi connectivity index (χ0v) is 11.4. The molecule has 0 saturated heterocycles. The molecular formula is C16H25NO. The number of aliphatic hydroxyl groups excluding tert-OH is 1. The number of hydrogen-bond acceptors (Lipinski definition) is 2. The molecule has 0 aliphatic heterocycles. The molecular weight excluding hydrogens is 222 g/mol. The molecule has 1 aliphatic rings. The second kappa shape index (κ2) is 6.24. The molecule has 0 radical (unpaired) electrons. The summed E-state index contributed by atoms with van der Waals surface area (Å²) < 4.78 is 0. The Kier molecular flexibility index (Phi) is 4.65. The van der Waals surface area contributed by atoms with Gasteiger partial charge in [0.15, 0.2) is 0 Å². The standard InChI is InChI=1S/C16H25NO/c1-2-14-7-6-11-16(13-18,12-10-14)17-15-8-4-3-5-9-15/h3-5,8-9,14,17-18H,2,6-7,10-13H2,1H3. The highest BCUT2D eigenvalue weighted by molar-refractivity contribution is 5.45. The van der Waals surface area contributed by atoms with E-state index in [0.717, 1.165) is 24.4 Å². The van der Waals surface area contributed by atoms with Crippen molar-refractivity contribution in [3.05, 3.63) is 30.3 Å². The second-order valence-corrected chi connectivity index (χ2v) is 5.63. The molecule has 1 aliphatic carbocycles. The molecule has 0 amide bonds. The van der Waals surface area contributed by atoms with Crippen LogP contribution >= 0.6 is 0 Å². The highest BCUT2D eigenvalue weighted by atomic mass is 16.3. The van der Waals surface area contributed by atoms with Crippen molar-refractivity contribution < 1.29 is 5.11 Å². The van der Waals surface area contributed by atoms with Gasteiger partial charge in [0.1, 0.15) is 0 Å². The molecule has 1 saturated carbocycles. The van der Waals surface area contributed by atoms with E-state index >= 15 is 0 Å². The first-order valence-corrected chi connectivity index (χ1v) is 7.22. The molecule has 1 fully saturated rings. The van der Waals surface area contributed by atoms with Crippen molar-refractivity contribution in [1.29, 1.82) is 0 Å². The number of benzene rings is 1. The Morgan fingerprint density at radius 1 is 1.22 bits per heavy atom. The lowest BCUT2D eigenvalue weighted by atomic mass is 9.89. The van der Waals surface area contributed by atoms with Gasteiger partial charge in [0.25, 0.3) is 0 Å². The quantitative estimate of drug-likeness (QED) is 0.793. The number of para-hydroxylation sites is 1. The average molecular weight is 247 g/mol. The number of aliphatic hydroxyl groups is 1. The van der Waals surface area contributed by atoms with Crippen LogP contribution in [-0.4, -0.2) is 17.3 Å². The van der Waals surface area contributed by atoms with Crippen molar-refractivity contribution in [3.8, 4) is 0 Å². The van der Waals surface area contributed by atoms with Gasteiger partial charge in [-0.15, -0.1) is 0 Å². The Hall–Kier alpha value is -1.02. The van der Waals surface area contributed by atoms with Crippen LogP contribution in [0.5, 0.6) is 0 Å². The molecule has 0 aromatic heterocycles. The van der Waals surface area contributed by atoms with E-state index in [0.29, 0.717) is 0 Å². The van der Waals surface area contributed by atoms with E-state index in [-0.39, 0.29) is 12.1 Å². The summed E-state index contributed by atoms with van der Waals surface area (Å²) in [4.78, 5) is 0. The van der Waals surface area contributed by atoms with Crippen LogP contribution in [0.4, 0.5) is 5.69 Å². The summed E-state index contributed by atoms with van der Waals surface area (Å²) in [6, 6.07) is 10.3. The van der Waals surface area contributed by atoms with Crippen LogP contribution in [0.2, 0.25) is 0 Å². The number of nitrogens with one attached hydrogen (secondary N) is 1. The van der Waals surface area contributed by atoms with Gasteiger partial charge in [-0.25, -0.2) is 0 Å². The van der Waals surface area contributed by atoms with E-state index in [1.807, 2.05) is 18.2 Å². The van der Waals surface area contributed by atoms with Crippen LogP contribution < -0.4 is 5.32 Å². The Morgan fingerprint density at radius 2 is 2.00 bits per heavy atom. The predicted molar refractivity (Wildman–Crippen MR) is 76.7 cm³/mol. The van der Waals surface area contributed by atoms with Gasteiger partial charge >= 0.3 is 0 Å². The molecule has 0 spiro atoms. The van der Waals surface area contributed by atoms with Gasteiger partial charge in [-0.05, 0) is 37.3 Å². The summed E-state index contributed by atoms with van der Waals surface area (Å²) in [6.45, 7) is 2.51. The van der Waals surface area contributed by atoms with Crippen molar-refractivity contribution >= 4 is 5.69 Å².